The van der Waals surface area contributed by atoms with Gasteiger partial charge in [-0.3, -0.25) is 33.9 Å². The van der Waals surface area contributed by atoms with Crippen molar-refractivity contribution in [2.75, 3.05) is 6.54 Å². The van der Waals surface area contributed by atoms with Crippen molar-refractivity contribution in [1.29, 1.82) is 0 Å². The van der Waals surface area contributed by atoms with Crippen molar-refractivity contribution < 1.29 is 14.4 Å². The standard InChI is InChI=1S/C15H16N6O3/c1-20-10(6-11(19-20)12-8-16-4-5-17-12)7-18-13(22)9-21-14(23)2-3-15(21)24/h4-6,8H,2-3,7,9H2,1H3,(H,18,22). The number of carbonyl (C=O) groups is 3. The minimum absolute atomic E-state index is 0.176. The molecule has 0 aliphatic carbocycles. The Morgan fingerprint density at radius 3 is 2.62 bits per heavy atom. The molecule has 2 aromatic heterocycles. The van der Waals surface area contributed by atoms with Gasteiger partial charge in [-0.1, -0.05) is 0 Å². The maximum Gasteiger partial charge on any atom is 0.240 e. The highest BCUT2D eigenvalue weighted by Gasteiger charge is 2.30. The van der Waals surface area contributed by atoms with Crippen LogP contribution < -0.4 is 5.32 Å². The van der Waals surface area contributed by atoms with Crippen LogP contribution in [-0.4, -0.2) is 48.9 Å². The Morgan fingerprint density at radius 2 is 1.96 bits per heavy atom. The molecule has 124 valence electrons. The van der Waals surface area contributed by atoms with Crippen molar-refractivity contribution in [2.24, 2.45) is 7.05 Å². The van der Waals surface area contributed by atoms with E-state index in [0.29, 0.717) is 11.4 Å². The number of nitrogens with one attached hydrogen (secondary N) is 1. The molecule has 0 spiro atoms. The van der Waals surface area contributed by atoms with Crippen molar-refractivity contribution in [3.05, 3.63) is 30.4 Å². The molecule has 0 bridgehead atoms. The van der Waals surface area contributed by atoms with E-state index in [9.17, 15) is 14.4 Å². The summed E-state index contributed by atoms with van der Waals surface area (Å²) >= 11 is 0. The maximum atomic E-state index is 11.9. The monoisotopic (exact) mass is 328 g/mol. The number of likely N-dealkylation sites (tertiary alicyclic amines) is 1. The second-order valence-electron chi connectivity index (χ2n) is 5.39. The number of hydrogen-bond acceptors (Lipinski definition) is 6. The first-order valence-electron chi connectivity index (χ1n) is 7.44. The van der Waals surface area contributed by atoms with Crippen molar-refractivity contribution >= 4 is 17.7 Å². The molecule has 24 heavy (non-hydrogen) atoms. The Balaban J connectivity index is 1.61. The van der Waals surface area contributed by atoms with Crippen LogP contribution in [0.15, 0.2) is 24.7 Å². The average molecular weight is 328 g/mol. The SMILES string of the molecule is Cn1nc(-c2cnccn2)cc1CNC(=O)CN1C(=O)CCC1=O. The second-order valence-corrected chi connectivity index (χ2v) is 5.39. The fourth-order valence-corrected chi connectivity index (χ4v) is 2.42. The number of aryl methyl sites for hydroxylation is 1. The topological polar surface area (TPSA) is 110 Å². The predicted molar refractivity (Wildman–Crippen MR) is 82.0 cm³/mol. The van der Waals surface area contributed by atoms with Gasteiger partial charge in [-0.25, -0.2) is 0 Å². The molecule has 9 heteroatoms. The first kappa shape index (κ1) is 15.8. The molecule has 1 aliphatic rings. The van der Waals surface area contributed by atoms with Gasteiger partial charge in [0.1, 0.15) is 17.9 Å². The minimum atomic E-state index is -0.388. The van der Waals surface area contributed by atoms with E-state index in [2.05, 4.69) is 20.4 Å². The van der Waals surface area contributed by atoms with Gasteiger partial charge >= 0.3 is 0 Å². The lowest BCUT2D eigenvalue weighted by atomic mass is 10.3. The summed E-state index contributed by atoms with van der Waals surface area (Å²) in [5.41, 5.74) is 2.06. The zero-order valence-corrected chi connectivity index (χ0v) is 13.1. The molecule has 0 radical (unpaired) electrons. The van der Waals surface area contributed by atoms with Crippen LogP contribution in [-0.2, 0) is 28.0 Å². The summed E-state index contributed by atoms with van der Waals surface area (Å²) in [7, 11) is 1.76. The van der Waals surface area contributed by atoms with E-state index < -0.39 is 0 Å². The van der Waals surface area contributed by atoms with Crippen LogP contribution in [0, 0.1) is 0 Å². The fraction of sp³-hybridized carbons (Fsp3) is 0.333. The van der Waals surface area contributed by atoms with Gasteiger partial charge in [0.15, 0.2) is 0 Å². The van der Waals surface area contributed by atoms with Crippen LogP contribution in [0.4, 0.5) is 0 Å². The van der Waals surface area contributed by atoms with Crippen molar-refractivity contribution in [3.8, 4) is 11.4 Å². The lowest BCUT2D eigenvalue weighted by Crippen LogP contribution is -2.39. The molecule has 9 nitrogen and oxygen atoms in total. The second kappa shape index (κ2) is 6.57. The van der Waals surface area contributed by atoms with Gasteiger partial charge < -0.3 is 5.32 Å². The van der Waals surface area contributed by atoms with E-state index in [-0.39, 0.29) is 43.7 Å². The zero-order valence-electron chi connectivity index (χ0n) is 13.1. The molecule has 1 N–H and O–H groups in total. The lowest BCUT2D eigenvalue weighted by molar-refractivity contribution is -0.142. The number of carbonyl (C=O) groups excluding carboxylic acids is 3. The molecule has 0 atom stereocenters. The molecule has 1 saturated heterocycles. The van der Waals surface area contributed by atoms with Crippen LogP contribution in [0.5, 0.6) is 0 Å². The van der Waals surface area contributed by atoms with Gasteiger partial charge in [0.05, 0.1) is 18.4 Å². The number of hydrogen-bond donors (Lipinski definition) is 1. The van der Waals surface area contributed by atoms with Crippen LogP contribution in [0.2, 0.25) is 0 Å². The summed E-state index contributed by atoms with van der Waals surface area (Å²) in [4.78, 5) is 44.1. The number of amides is 3. The summed E-state index contributed by atoms with van der Waals surface area (Å²) in [5.74, 6) is -0.998. The maximum absolute atomic E-state index is 11.9. The predicted octanol–water partition coefficient (Wildman–Crippen LogP) is -0.358. The third-order valence-electron chi connectivity index (χ3n) is 3.73. The molecular weight excluding hydrogens is 312 g/mol. The lowest BCUT2D eigenvalue weighted by Gasteiger charge is -2.13. The van der Waals surface area contributed by atoms with Crippen molar-refractivity contribution in [3.63, 3.8) is 0 Å². The van der Waals surface area contributed by atoms with Gasteiger partial charge in [-0.2, -0.15) is 5.10 Å². The minimum Gasteiger partial charge on any atom is -0.349 e. The van der Waals surface area contributed by atoms with E-state index >= 15 is 0 Å². The number of nitrogens with zero attached hydrogens (tertiary/aromatic N) is 5. The van der Waals surface area contributed by atoms with E-state index in [1.165, 1.54) is 0 Å². The normalized spacial score (nSPS) is 14.3. The average Bonchev–Trinajstić information content (AvgIpc) is 3.11. The third kappa shape index (κ3) is 3.29. The summed E-state index contributed by atoms with van der Waals surface area (Å²) < 4.78 is 1.64. The molecule has 0 unspecified atom stereocenters. The molecule has 3 heterocycles. The Morgan fingerprint density at radius 1 is 1.21 bits per heavy atom. The van der Waals surface area contributed by atoms with Gasteiger partial charge in [-0.05, 0) is 6.07 Å². The van der Waals surface area contributed by atoms with Crippen LogP contribution in [0.1, 0.15) is 18.5 Å². The number of rotatable bonds is 5. The van der Waals surface area contributed by atoms with E-state index in [1.807, 2.05) is 0 Å². The first-order chi connectivity index (χ1) is 11.5. The van der Waals surface area contributed by atoms with Crippen molar-refractivity contribution in [1.82, 2.24) is 30.0 Å². The highest BCUT2D eigenvalue weighted by atomic mass is 16.2. The zero-order chi connectivity index (χ0) is 17.1. The Hall–Kier alpha value is -3.10. The molecular formula is C15H16N6O3. The smallest absolute Gasteiger partial charge is 0.240 e. The highest BCUT2D eigenvalue weighted by molar-refractivity contribution is 6.04. The van der Waals surface area contributed by atoms with Gasteiger partial charge in [0.25, 0.3) is 0 Å². The third-order valence-corrected chi connectivity index (χ3v) is 3.73. The molecule has 0 saturated carbocycles. The van der Waals surface area contributed by atoms with Crippen LogP contribution >= 0.6 is 0 Å². The first-order valence-corrected chi connectivity index (χ1v) is 7.44. The molecule has 3 rings (SSSR count). The molecule has 0 aromatic carbocycles. The van der Waals surface area contributed by atoms with Crippen LogP contribution in [0.3, 0.4) is 0 Å². The van der Waals surface area contributed by atoms with Crippen molar-refractivity contribution in [2.45, 2.75) is 19.4 Å². The van der Waals surface area contributed by atoms with E-state index in [4.69, 9.17) is 0 Å². The van der Waals surface area contributed by atoms with Gasteiger partial charge in [-0.15, -0.1) is 0 Å². The highest BCUT2D eigenvalue weighted by Crippen LogP contribution is 2.15. The molecule has 2 aromatic rings. The van der Waals surface area contributed by atoms with Gasteiger partial charge in [0, 0.05) is 32.3 Å². The Bertz CT molecular complexity index is 770. The summed E-state index contributed by atoms with van der Waals surface area (Å²) in [6.45, 7) is -0.00858. The Labute approximate surface area is 137 Å². The molecule has 3 amide bonds. The summed E-state index contributed by atoms with van der Waals surface area (Å²) in [5, 5.41) is 7.02. The van der Waals surface area contributed by atoms with E-state index in [0.717, 1.165) is 10.6 Å². The van der Waals surface area contributed by atoms with Gasteiger partial charge in [0.2, 0.25) is 17.7 Å². The number of imide groups is 1. The molecule has 1 fully saturated rings. The quantitative estimate of drug-likeness (QED) is 0.751. The number of aromatic nitrogens is 4. The molecule has 1 aliphatic heterocycles. The van der Waals surface area contributed by atoms with Crippen LogP contribution in [0.25, 0.3) is 11.4 Å². The summed E-state index contributed by atoms with van der Waals surface area (Å²) in [6, 6.07) is 1.80. The Kier molecular flexibility index (Phi) is 4.32. The van der Waals surface area contributed by atoms with E-state index in [1.54, 1.807) is 36.4 Å². The largest absolute Gasteiger partial charge is 0.349 e. The summed E-state index contributed by atoms with van der Waals surface area (Å²) in [6.07, 6.45) is 5.12. The fourth-order valence-electron chi connectivity index (χ4n) is 2.42.